The van der Waals surface area contributed by atoms with Crippen LogP contribution in [0, 0.1) is 5.92 Å². The molecule has 0 radical (unpaired) electrons. The normalized spacial score (nSPS) is 23.9. The van der Waals surface area contributed by atoms with Crippen molar-refractivity contribution in [1.29, 1.82) is 0 Å². The van der Waals surface area contributed by atoms with Crippen LogP contribution in [-0.2, 0) is 14.3 Å². The van der Waals surface area contributed by atoms with E-state index >= 15 is 0 Å². The molecule has 0 bridgehead atoms. The minimum Gasteiger partial charge on any atom is -0.459 e. The first-order valence-corrected chi connectivity index (χ1v) is 5.13. The van der Waals surface area contributed by atoms with E-state index in [1.54, 1.807) is 0 Å². The molecule has 1 fully saturated rings. The summed E-state index contributed by atoms with van der Waals surface area (Å²) in [6.07, 6.45) is 1.38. The van der Waals surface area contributed by atoms with Gasteiger partial charge in [-0.2, -0.15) is 0 Å². The van der Waals surface area contributed by atoms with Crippen LogP contribution in [0.1, 0.15) is 26.7 Å². The van der Waals surface area contributed by atoms with Crippen LogP contribution in [0.15, 0.2) is 0 Å². The molecule has 2 N–H and O–H groups in total. The molecule has 1 aliphatic heterocycles. The predicted molar refractivity (Wildman–Crippen MR) is 52.7 cm³/mol. The highest BCUT2D eigenvalue weighted by Crippen LogP contribution is 2.11. The molecule has 0 aromatic carbocycles. The third-order valence-electron chi connectivity index (χ3n) is 2.20. The Morgan fingerprint density at radius 3 is 2.86 bits per heavy atom. The molecule has 0 aromatic rings. The summed E-state index contributed by atoms with van der Waals surface area (Å²) in [7, 11) is 0. The number of rotatable bonds is 4. The molecule has 0 aliphatic carbocycles. The Hall–Kier alpha value is -0.610. The van der Waals surface area contributed by atoms with Crippen molar-refractivity contribution in [1.82, 2.24) is 0 Å². The molecule has 0 spiro atoms. The van der Waals surface area contributed by atoms with Crippen LogP contribution in [0.3, 0.4) is 0 Å². The predicted octanol–water partition coefficient (Wildman–Crippen LogP) is 0.692. The lowest BCUT2D eigenvalue weighted by atomic mass is 10.0. The standard InChI is InChI=1S/C10H19NO3/c1-7(2)5-9(11)10(12)14-8-3-4-13-6-8/h7-9H,3-6,11H2,1-2H3/t8-,9-/m0/s1. The number of nitrogens with two attached hydrogens (primary N) is 1. The fraction of sp³-hybridized carbons (Fsp3) is 0.900. The Bertz CT molecular complexity index is 188. The van der Waals surface area contributed by atoms with Gasteiger partial charge in [0.1, 0.15) is 12.1 Å². The molecule has 1 heterocycles. The molecular formula is C10H19NO3. The molecule has 0 amide bonds. The number of hydrogen-bond donors (Lipinski definition) is 1. The second-order valence-electron chi connectivity index (χ2n) is 4.16. The molecule has 4 heteroatoms. The minimum absolute atomic E-state index is 0.0827. The average Bonchev–Trinajstić information content (AvgIpc) is 2.55. The second kappa shape index (κ2) is 5.32. The summed E-state index contributed by atoms with van der Waals surface area (Å²) in [5.41, 5.74) is 5.68. The van der Waals surface area contributed by atoms with Crippen LogP contribution in [0.4, 0.5) is 0 Å². The van der Waals surface area contributed by atoms with Gasteiger partial charge in [-0.3, -0.25) is 4.79 Å². The van der Waals surface area contributed by atoms with Crippen molar-refractivity contribution in [3.8, 4) is 0 Å². The highest BCUT2D eigenvalue weighted by atomic mass is 16.6. The van der Waals surface area contributed by atoms with Crippen LogP contribution in [0.2, 0.25) is 0 Å². The van der Waals surface area contributed by atoms with Crippen LogP contribution in [-0.4, -0.2) is 31.3 Å². The second-order valence-corrected chi connectivity index (χ2v) is 4.16. The van der Waals surface area contributed by atoms with Gasteiger partial charge in [-0.15, -0.1) is 0 Å². The van der Waals surface area contributed by atoms with E-state index in [2.05, 4.69) is 0 Å². The third kappa shape index (κ3) is 3.64. The number of esters is 1. The van der Waals surface area contributed by atoms with E-state index < -0.39 is 6.04 Å². The zero-order valence-electron chi connectivity index (χ0n) is 8.86. The van der Waals surface area contributed by atoms with Crippen molar-refractivity contribution in [3.05, 3.63) is 0 Å². The summed E-state index contributed by atoms with van der Waals surface area (Å²) in [5, 5.41) is 0. The number of hydrogen-bond acceptors (Lipinski definition) is 4. The Morgan fingerprint density at radius 1 is 1.64 bits per heavy atom. The molecule has 0 unspecified atom stereocenters. The quantitative estimate of drug-likeness (QED) is 0.680. The monoisotopic (exact) mass is 201 g/mol. The van der Waals surface area contributed by atoms with Crippen LogP contribution >= 0.6 is 0 Å². The Kier molecular flexibility index (Phi) is 4.35. The fourth-order valence-corrected chi connectivity index (χ4v) is 1.46. The molecular weight excluding hydrogens is 182 g/mol. The highest BCUT2D eigenvalue weighted by Gasteiger charge is 2.23. The van der Waals surface area contributed by atoms with E-state index in [4.69, 9.17) is 15.2 Å². The van der Waals surface area contributed by atoms with Gasteiger partial charge in [0.25, 0.3) is 0 Å². The number of carbonyl (C=O) groups is 1. The first-order chi connectivity index (χ1) is 6.59. The molecule has 0 saturated carbocycles. The molecule has 14 heavy (non-hydrogen) atoms. The van der Waals surface area contributed by atoms with Crippen molar-refractivity contribution in [2.75, 3.05) is 13.2 Å². The Morgan fingerprint density at radius 2 is 2.36 bits per heavy atom. The lowest BCUT2D eigenvalue weighted by Gasteiger charge is -2.16. The maximum atomic E-state index is 11.4. The lowest BCUT2D eigenvalue weighted by molar-refractivity contribution is -0.151. The first-order valence-electron chi connectivity index (χ1n) is 5.13. The number of ether oxygens (including phenoxy) is 2. The lowest BCUT2D eigenvalue weighted by Crippen LogP contribution is -2.36. The Labute approximate surface area is 84.7 Å². The zero-order chi connectivity index (χ0) is 10.6. The van der Waals surface area contributed by atoms with Gasteiger partial charge in [0.2, 0.25) is 0 Å². The fourth-order valence-electron chi connectivity index (χ4n) is 1.46. The SMILES string of the molecule is CC(C)C[C@H](N)C(=O)O[C@H]1CCOC1. The van der Waals surface area contributed by atoms with Gasteiger partial charge in [-0.05, 0) is 12.3 Å². The van der Waals surface area contributed by atoms with E-state index in [9.17, 15) is 4.79 Å². The summed E-state index contributed by atoms with van der Waals surface area (Å²) >= 11 is 0. The maximum absolute atomic E-state index is 11.4. The van der Waals surface area contributed by atoms with Crippen molar-refractivity contribution in [2.24, 2.45) is 11.7 Å². The molecule has 2 atom stereocenters. The highest BCUT2D eigenvalue weighted by molar-refractivity contribution is 5.75. The van der Waals surface area contributed by atoms with E-state index in [0.29, 0.717) is 25.6 Å². The van der Waals surface area contributed by atoms with Gasteiger partial charge in [-0.1, -0.05) is 13.8 Å². The molecule has 1 aliphatic rings. The maximum Gasteiger partial charge on any atom is 0.323 e. The van der Waals surface area contributed by atoms with Crippen LogP contribution < -0.4 is 5.73 Å². The molecule has 1 saturated heterocycles. The third-order valence-corrected chi connectivity index (χ3v) is 2.20. The summed E-state index contributed by atoms with van der Waals surface area (Å²) < 4.78 is 10.3. The van der Waals surface area contributed by atoms with Gasteiger partial charge in [-0.25, -0.2) is 0 Å². The summed E-state index contributed by atoms with van der Waals surface area (Å²) in [4.78, 5) is 11.4. The van der Waals surface area contributed by atoms with E-state index in [-0.39, 0.29) is 12.1 Å². The number of carbonyl (C=O) groups excluding carboxylic acids is 1. The van der Waals surface area contributed by atoms with Crippen molar-refractivity contribution < 1.29 is 14.3 Å². The summed E-state index contributed by atoms with van der Waals surface area (Å²) in [6, 6.07) is -0.490. The molecule has 1 rings (SSSR count). The van der Waals surface area contributed by atoms with Crippen molar-refractivity contribution >= 4 is 5.97 Å². The first kappa shape index (κ1) is 11.5. The zero-order valence-corrected chi connectivity index (χ0v) is 8.86. The van der Waals surface area contributed by atoms with Gasteiger partial charge >= 0.3 is 5.97 Å². The average molecular weight is 201 g/mol. The van der Waals surface area contributed by atoms with E-state index in [1.165, 1.54) is 0 Å². The Balaban J connectivity index is 2.25. The van der Waals surface area contributed by atoms with E-state index in [1.807, 2.05) is 13.8 Å². The minimum atomic E-state index is -0.490. The summed E-state index contributed by atoms with van der Waals surface area (Å²) in [5.74, 6) is 0.117. The molecule has 82 valence electrons. The van der Waals surface area contributed by atoms with Crippen molar-refractivity contribution in [2.45, 2.75) is 38.8 Å². The van der Waals surface area contributed by atoms with Crippen molar-refractivity contribution in [3.63, 3.8) is 0 Å². The van der Waals surface area contributed by atoms with E-state index in [0.717, 1.165) is 6.42 Å². The molecule has 0 aromatic heterocycles. The van der Waals surface area contributed by atoms with Gasteiger partial charge < -0.3 is 15.2 Å². The molecule has 4 nitrogen and oxygen atoms in total. The topological polar surface area (TPSA) is 61.6 Å². The summed E-state index contributed by atoms with van der Waals surface area (Å²) in [6.45, 7) is 5.26. The smallest absolute Gasteiger partial charge is 0.323 e. The van der Waals surface area contributed by atoms with Crippen LogP contribution in [0.5, 0.6) is 0 Å². The largest absolute Gasteiger partial charge is 0.459 e. The van der Waals surface area contributed by atoms with Crippen LogP contribution in [0.25, 0.3) is 0 Å². The van der Waals surface area contributed by atoms with Gasteiger partial charge in [0.05, 0.1) is 13.2 Å². The van der Waals surface area contributed by atoms with Gasteiger partial charge in [0.15, 0.2) is 0 Å². The van der Waals surface area contributed by atoms with Gasteiger partial charge in [0, 0.05) is 6.42 Å².